The molecule has 2 aliphatic heterocycles. The normalized spacial score (nSPS) is 25.8. The number of methoxy groups -OCH3 is 1. The highest BCUT2D eigenvalue weighted by Crippen LogP contribution is 2.42. The molecule has 2 aromatic rings. The molecular formula is C20H26ClN5O3. The summed E-state index contributed by atoms with van der Waals surface area (Å²) in [6, 6.07) is 8.49. The molecule has 3 fully saturated rings. The van der Waals surface area contributed by atoms with Crippen LogP contribution in [-0.2, 0) is 4.79 Å². The molecule has 1 aliphatic carbocycles. The molecule has 156 valence electrons. The second-order valence-electron chi connectivity index (χ2n) is 7.91. The number of benzene rings is 1. The van der Waals surface area contributed by atoms with Crippen LogP contribution in [0.15, 0.2) is 28.8 Å². The van der Waals surface area contributed by atoms with E-state index >= 15 is 0 Å². The Labute approximate surface area is 175 Å². The Morgan fingerprint density at radius 3 is 2.55 bits per heavy atom. The molecule has 1 aromatic carbocycles. The number of rotatable bonds is 5. The molecule has 2 N–H and O–H groups in total. The standard InChI is InChI=1S/C20H25N5O3.ClH/c1-27-14-4-2-12(3-5-14)18-23-20(28-24-18)25-8-6-13(7-9-25)19(26)22-17-15-10-21-11-16(15)17;/h2-5,13,15-17,21H,6-11H2,1H3,(H,22,26);1H/t15-,16+,17?;. The Morgan fingerprint density at radius 2 is 1.90 bits per heavy atom. The predicted octanol–water partition coefficient (Wildman–Crippen LogP) is 1.72. The van der Waals surface area contributed by atoms with Gasteiger partial charge in [-0.05, 0) is 48.9 Å². The third kappa shape index (κ3) is 3.91. The minimum atomic E-state index is 0. The third-order valence-electron chi connectivity index (χ3n) is 6.30. The maximum Gasteiger partial charge on any atom is 0.324 e. The lowest BCUT2D eigenvalue weighted by Gasteiger charge is -2.29. The molecular weight excluding hydrogens is 394 g/mol. The molecule has 3 aliphatic rings. The Balaban J connectivity index is 0.00000205. The number of amides is 1. The van der Waals surface area contributed by atoms with Gasteiger partial charge in [-0.25, -0.2) is 0 Å². The van der Waals surface area contributed by atoms with Crippen LogP contribution in [-0.4, -0.2) is 55.4 Å². The van der Waals surface area contributed by atoms with Crippen molar-refractivity contribution in [2.45, 2.75) is 18.9 Å². The third-order valence-corrected chi connectivity index (χ3v) is 6.30. The number of anilines is 1. The zero-order valence-electron chi connectivity index (χ0n) is 16.3. The number of aromatic nitrogens is 2. The van der Waals surface area contributed by atoms with Crippen molar-refractivity contribution in [3.63, 3.8) is 0 Å². The zero-order valence-corrected chi connectivity index (χ0v) is 17.2. The largest absolute Gasteiger partial charge is 0.497 e. The van der Waals surface area contributed by atoms with E-state index in [9.17, 15) is 4.79 Å². The molecule has 3 heterocycles. The van der Waals surface area contributed by atoms with E-state index in [0.29, 0.717) is 29.7 Å². The summed E-state index contributed by atoms with van der Waals surface area (Å²) in [6.07, 6.45) is 1.62. The Kier molecular flexibility index (Phi) is 5.65. The fourth-order valence-corrected chi connectivity index (χ4v) is 4.45. The maximum atomic E-state index is 12.6. The van der Waals surface area contributed by atoms with Crippen molar-refractivity contribution < 1.29 is 14.1 Å². The molecule has 0 radical (unpaired) electrons. The van der Waals surface area contributed by atoms with Crippen molar-refractivity contribution in [3.05, 3.63) is 24.3 Å². The van der Waals surface area contributed by atoms with Gasteiger partial charge in [0.15, 0.2) is 0 Å². The number of nitrogens with one attached hydrogen (secondary N) is 2. The van der Waals surface area contributed by atoms with Crippen molar-refractivity contribution in [2.75, 3.05) is 38.2 Å². The molecule has 0 bridgehead atoms. The van der Waals surface area contributed by atoms with E-state index in [1.807, 2.05) is 24.3 Å². The van der Waals surface area contributed by atoms with E-state index in [1.54, 1.807) is 7.11 Å². The number of nitrogens with zero attached hydrogens (tertiary/aromatic N) is 3. The second kappa shape index (κ2) is 8.20. The number of carbonyl (C=O) groups excluding carboxylic acids is 1. The number of hydrogen-bond acceptors (Lipinski definition) is 7. The number of ether oxygens (including phenoxy) is 1. The fourth-order valence-electron chi connectivity index (χ4n) is 4.45. The van der Waals surface area contributed by atoms with Gasteiger partial charge in [-0.2, -0.15) is 4.98 Å². The monoisotopic (exact) mass is 419 g/mol. The maximum absolute atomic E-state index is 12.6. The van der Waals surface area contributed by atoms with Gasteiger partial charge in [-0.3, -0.25) is 4.79 Å². The molecule has 29 heavy (non-hydrogen) atoms. The van der Waals surface area contributed by atoms with Crippen LogP contribution in [0.4, 0.5) is 6.01 Å². The minimum Gasteiger partial charge on any atom is -0.497 e. The highest BCUT2D eigenvalue weighted by molar-refractivity contribution is 5.85. The van der Waals surface area contributed by atoms with Crippen LogP contribution in [0.1, 0.15) is 12.8 Å². The van der Waals surface area contributed by atoms with Gasteiger partial charge in [-0.1, -0.05) is 5.16 Å². The van der Waals surface area contributed by atoms with Gasteiger partial charge in [0.25, 0.3) is 0 Å². The van der Waals surface area contributed by atoms with Crippen LogP contribution in [0.25, 0.3) is 11.4 Å². The number of fused-ring (bicyclic) bond motifs is 1. The van der Waals surface area contributed by atoms with Crippen LogP contribution in [0.5, 0.6) is 5.75 Å². The summed E-state index contributed by atoms with van der Waals surface area (Å²) in [6.45, 7) is 3.59. The fraction of sp³-hybridized carbons (Fsp3) is 0.550. The number of hydrogen-bond donors (Lipinski definition) is 2. The first kappa shape index (κ1) is 20.0. The van der Waals surface area contributed by atoms with E-state index in [4.69, 9.17) is 9.26 Å². The molecule has 2 saturated heterocycles. The Bertz CT molecular complexity index is 840. The second-order valence-corrected chi connectivity index (χ2v) is 7.91. The van der Waals surface area contributed by atoms with E-state index in [0.717, 1.165) is 50.3 Å². The van der Waals surface area contributed by atoms with Crippen molar-refractivity contribution in [1.82, 2.24) is 20.8 Å². The van der Waals surface area contributed by atoms with Gasteiger partial charge in [-0.15, -0.1) is 12.4 Å². The average molecular weight is 420 g/mol. The van der Waals surface area contributed by atoms with Crippen LogP contribution in [0, 0.1) is 17.8 Å². The van der Waals surface area contributed by atoms with Crippen LogP contribution in [0.3, 0.4) is 0 Å². The Morgan fingerprint density at radius 1 is 1.21 bits per heavy atom. The van der Waals surface area contributed by atoms with E-state index < -0.39 is 0 Å². The molecule has 1 amide bonds. The van der Waals surface area contributed by atoms with E-state index in [1.165, 1.54) is 0 Å². The molecule has 3 atom stereocenters. The Hall–Kier alpha value is -2.32. The average Bonchev–Trinajstić information content (AvgIpc) is 3.16. The van der Waals surface area contributed by atoms with E-state index in [-0.39, 0.29) is 24.2 Å². The molecule has 1 aromatic heterocycles. The molecule has 8 nitrogen and oxygen atoms in total. The predicted molar refractivity (Wildman–Crippen MR) is 110 cm³/mol. The van der Waals surface area contributed by atoms with Crippen LogP contribution in [0.2, 0.25) is 0 Å². The summed E-state index contributed by atoms with van der Waals surface area (Å²) in [4.78, 5) is 19.1. The van der Waals surface area contributed by atoms with Crippen LogP contribution < -0.4 is 20.3 Å². The van der Waals surface area contributed by atoms with Gasteiger partial charge in [0, 0.05) is 43.7 Å². The summed E-state index contributed by atoms with van der Waals surface area (Å²) in [5.41, 5.74) is 0.884. The quantitative estimate of drug-likeness (QED) is 0.762. The van der Waals surface area contributed by atoms with Gasteiger partial charge in [0.2, 0.25) is 11.7 Å². The summed E-state index contributed by atoms with van der Waals surface area (Å²) >= 11 is 0. The van der Waals surface area contributed by atoms with Gasteiger partial charge < -0.3 is 24.8 Å². The first-order chi connectivity index (χ1) is 13.7. The summed E-state index contributed by atoms with van der Waals surface area (Å²) < 4.78 is 10.6. The number of halogens is 1. The van der Waals surface area contributed by atoms with Gasteiger partial charge in [0.1, 0.15) is 5.75 Å². The molecule has 0 spiro atoms. The highest BCUT2D eigenvalue weighted by Gasteiger charge is 2.53. The van der Waals surface area contributed by atoms with Crippen molar-refractivity contribution in [3.8, 4) is 17.1 Å². The molecule has 9 heteroatoms. The van der Waals surface area contributed by atoms with Crippen molar-refractivity contribution >= 4 is 24.3 Å². The first-order valence-electron chi connectivity index (χ1n) is 9.97. The first-order valence-corrected chi connectivity index (χ1v) is 9.97. The SMILES string of the molecule is COc1ccc(-c2noc(N3CCC(C(=O)NC4[C@H]5CNC[C@@H]45)CC3)n2)cc1.Cl. The number of carbonyl (C=O) groups is 1. The lowest BCUT2D eigenvalue weighted by atomic mass is 9.96. The lowest BCUT2D eigenvalue weighted by molar-refractivity contribution is -0.125. The molecule has 1 unspecified atom stereocenters. The summed E-state index contributed by atoms with van der Waals surface area (Å²) in [5, 5.41) is 10.7. The lowest BCUT2D eigenvalue weighted by Crippen LogP contribution is -2.42. The van der Waals surface area contributed by atoms with Crippen molar-refractivity contribution in [1.29, 1.82) is 0 Å². The highest BCUT2D eigenvalue weighted by atomic mass is 35.5. The van der Waals surface area contributed by atoms with E-state index in [2.05, 4.69) is 25.7 Å². The summed E-state index contributed by atoms with van der Waals surface area (Å²) in [7, 11) is 1.64. The smallest absolute Gasteiger partial charge is 0.324 e. The molecule has 5 rings (SSSR count). The van der Waals surface area contributed by atoms with Crippen LogP contribution >= 0.6 is 12.4 Å². The van der Waals surface area contributed by atoms with Crippen molar-refractivity contribution in [2.24, 2.45) is 17.8 Å². The number of piperidine rings is 2. The summed E-state index contributed by atoms with van der Waals surface area (Å²) in [5.74, 6) is 2.95. The minimum absolute atomic E-state index is 0. The topological polar surface area (TPSA) is 92.5 Å². The zero-order chi connectivity index (χ0) is 19.1. The van der Waals surface area contributed by atoms with Gasteiger partial charge in [0.05, 0.1) is 7.11 Å². The van der Waals surface area contributed by atoms with Gasteiger partial charge >= 0.3 is 6.01 Å². The molecule has 1 saturated carbocycles.